The zero-order valence-corrected chi connectivity index (χ0v) is 31.4. The Morgan fingerprint density at radius 3 is 2.54 bits per heavy atom. The van der Waals surface area contributed by atoms with Crippen molar-refractivity contribution < 1.29 is 34.0 Å². The van der Waals surface area contributed by atoms with Gasteiger partial charge in [-0.15, -0.1) is 0 Å². The number of rotatable bonds is 1. The average Bonchev–Trinajstić information content (AvgIpc) is 3.65. The van der Waals surface area contributed by atoms with Crippen molar-refractivity contribution >= 4 is 11.7 Å². The topological polar surface area (TPSA) is 107 Å². The van der Waals surface area contributed by atoms with Crippen LogP contribution in [0.25, 0.3) is 0 Å². The third-order valence-corrected chi connectivity index (χ3v) is 13.8. The number of hydrogen-bond acceptors (Lipinski definition) is 8. The fourth-order valence-corrected chi connectivity index (χ4v) is 10.5. The highest BCUT2D eigenvalue weighted by atomic mass is 16.8. The number of aliphatic imine (C=N–C) groups is 1. The number of carbonyl (C=O) groups excluding carboxylic acids is 1. The van der Waals surface area contributed by atoms with Crippen LogP contribution in [0.2, 0.25) is 0 Å². The maximum absolute atomic E-state index is 12.5. The molecule has 8 heteroatoms. The summed E-state index contributed by atoms with van der Waals surface area (Å²) in [7, 11) is 0. The molecule has 0 aromatic carbocycles. The van der Waals surface area contributed by atoms with Gasteiger partial charge in [0.05, 0.1) is 18.3 Å². The molecule has 7 aliphatic rings. The Hall–Kier alpha value is -2.10. The normalized spacial score (nSPS) is 47.0. The Kier molecular flexibility index (Phi) is 9.71. The lowest BCUT2D eigenvalue weighted by atomic mass is 9.58. The number of fused-ring (bicyclic) bond motifs is 2. The van der Waals surface area contributed by atoms with Gasteiger partial charge in [-0.2, -0.15) is 0 Å². The summed E-state index contributed by atoms with van der Waals surface area (Å²) < 4.78 is 26.2. The van der Waals surface area contributed by atoms with Gasteiger partial charge in [-0.25, -0.2) is 4.79 Å². The van der Waals surface area contributed by atoms with Crippen LogP contribution in [-0.4, -0.2) is 70.0 Å². The van der Waals surface area contributed by atoms with Crippen LogP contribution in [0, 0.1) is 23.2 Å². The zero-order chi connectivity index (χ0) is 35.6. The van der Waals surface area contributed by atoms with E-state index in [1.165, 1.54) is 22.4 Å². The fraction of sp³-hybridized carbons (Fsp3) is 0.762. The van der Waals surface area contributed by atoms with Crippen LogP contribution in [0.5, 0.6) is 0 Å². The monoisotopic (exact) mass is 691 g/mol. The summed E-state index contributed by atoms with van der Waals surface area (Å²) >= 11 is 0. The quantitative estimate of drug-likeness (QED) is 0.213. The van der Waals surface area contributed by atoms with Crippen molar-refractivity contribution in [3.63, 3.8) is 0 Å². The minimum absolute atomic E-state index is 0.0319. The van der Waals surface area contributed by atoms with Crippen LogP contribution in [0.3, 0.4) is 0 Å². The number of aliphatic hydroxyl groups excluding tert-OH is 1. The van der Waals surface area contributed by atoms with Gasteiger partial charge >= 0.3 is 5.97 Å². The van der Waals surface area contributed by atoms with E-state index in [0.717, 1.165) is 69.9 Å². The van der Waals surface area contributed by atoms with E-state index in [2.05, 4.69) is 40.3 Å². The van der Waals surface area contributed by atoms with Crippen molar-refractivity contribution in [2.24, 2.45) is 28.2 Å². The molecular formula is C42H61NO7. The number of hydrogen-bond donors (Lipinski definition) is 2. The number of nitrogens with zero attached hydrogens (tertiary/aromatic N) is 1. The van der Waals surface area contributed by atoms with E-state index in [0.29, 0.717) is 43.6 Å². The number of allylic oxidation sites excluding steroid dienone is 2. The van der Waals surface area contributed by atoms with Gasteiger partial charge in [-0.1, -0.05) is 37.6 Å². The van der Waals surface area contributed by atoms with Crippen LogP contribution in [0.4, 0.5) is 0 Å². The molecule has 4 bridgehead atoms. The third-order valence-electron chi connectivity index (χ3n) is 13.8. The van der Waals surface area contributed by atoms with Gasteiger partial charge in [0.2, 0.25) is 5.79 Å². The van der Waals surface area contributed by atoms with E-state index in [-0.39, 0.29) is 41.5 Å². The first-order valence-electron chi connectivity index (χ1n) is 19.6. The number of esters is 1. The second kappa shape index (κ2) is 13.4. The van der Waals surface area contributed by atoms with Gasteiger partial charge in [0, 0.05) is 54.8 Å². The van der Waals surface area contributed by atoms with E-state index in [1.54, 1.807) is 0 Å². The highest BCUT2D eigenvalue weighted by Gasteiger charge is 2.64. The Labute approximate surface area is 299 Å². The average molecular weight is 692 g/mol. The molecule has 3 fully saturated rings. The molecule has 0 aromatic heterocycles. The molecule has 7 rings (SSSR count). The molecule has 6 aliphatic heterocycles. The van der Waals surface area contributed by atoms with Crippen molar-refractivity contribution in [1.82, 2.24) is 0 Å². The zero-order valence-electron chi connectivity index (χ0n) is 31.4. The molecule has 8 nitrogen and oxygen atoms in total. The smallest absolute Gasteiger partial charge is 0.334 e. The molecule has 11 atom stereocenters. The molecule has 0 radical (unpaired) electrons. The van der Waals surface area contributed by atoms with E-state index in [1.807, 2.05) is 19.9 Å². The lowest BCUT2D eigenvalue weighted by Crippen LogP contribution is -2.60. The summed E-state index contributed by atoms with van der Waals surface area (Å²) in [5, 5.41) is 23.5. The van der Waals surface area contributed by atoms with Crippen molar-refractivity contribution in [1.29, 1.82) is 0 Å². The molecule has 6 heterocycles. The summed E-state index contributed by atoms with van der Waals surface area (Å²) in [6, 6.07) is 0. The second-order valence-corrected chi connectivity index (χ2v) is 17.6. The Bertz CT molecular complexity index is 1510. The summed E-state index contributed by atoms with van der Waals surface area (Å²) in [6.07, 6.45) is 14.2. The Morgan fingerprint density at radius 2 is 1.78 bits per heavy atom. The van der Waals surface area contributed by atoms with Crippen molar-refractivity contribution in [2.45, 2.75) is 173 Å². The molecule has 276 valence electrons. The van der Waals surface area contributed by atoms with Gasteiger partial charge in [0.1, 0.15) is 11.7 Å². The van der Waals surface area contributed by atoms with Gasteiger partial charge in [0.15, 0.2) is 5.79 Å². The van der Waals surface area contributed by atoms with E-state index >= 15 is 0 Å². The van der Waals surface area contributed by atoms with E-state index in [9.17, 15) is 15.0 Å². The van der Waals surface area contributed by atoms with Crippen LogP contribution >= 0.6 is 0 Å². The largest absolute Gasteiger partial charge is 0.450 e. The Balaban J connectivity index is 1.27. The minimum Gasteiger partial charge on any atom is -0.450 e. The third kappa shape index (κ3) is 6.44. The fourth-order valence-electron chi connectivity index (χ4n) is 10.5. The molecule has 0 aromatic rings. The number of carbonyl (C=O) groups is 1. The number of ether oxygens (including phenoxy) is 4. The number of cyclic esters (lactones) is 1. The SMILES string of the molecule is C=C1CCCC2=NCC(C)CCC23CCC(C2C=C(C)C(=O)O2)=C(C)C3/C=C(\C)C(O)CC2OC3(CCC4(OC(CCC4(C)O)C1)O3)CC2C. The van der Waals surface area contributed by atoms with Gasteiger partial charge in [0.25, 0.3) is 0 Å². The van der Waals surface area contributed by atoms with E-state index < -0.39 is 23.3 Å². The Morgan fingerprint density at radius 1 is 0.980 bits per heavy atom. The standard InChI is InChI=1S/C42H61NO7/c1-25-9-8-10-37-40(15-11-26(2)24-43-37)16-13-32(36-21-28(4)38(45)47-36)30(6)33(40)20-27(3)34(44)22-35-29(5)23-41(49-35)17-18-42(50-41)39(7,46)14-12-31(19-25)48-42/h20-21,26,29,31,33-36,44,46H,1,8-19,22-24H2,2-7H3/b27-20+. The maximum Gasteiger partial charge on any atom is 0.334 e. The highest BCUT2D eigenvalue weighted by molar-refractivity contribution is 5.92. The summed E-state index contributed by atoms with van der Waals surface area (Å²) in [5.74, 6) is -1.47. The molecular weight excluding hydrogens is 630 g/mol. The van der Waals surface area contributed by atoms with Crippen LogP contribution < -0.4 is 0 Å². The van der Waals surface area contributed by atoms with Gasteiger partial charge in [-0.3, -0.25) is 4.99 Å². The molecule has 0 saturated carbocycles. The lowest BCUT2D eigenvalue weighted by molar-refractivity contribution is -0.387. The first-order chi connectivity index (χ1) is 23.6. The molecule has 3 spiro atoms. The second-order valence-electron chi connectivity index (χ2n) is 17.6. The van der Waals surface area contributed by atoms with E-state index in [4.69, 9.17) is 23.9 Å². The summed E-state index contributed by atoms with van der Waals surface area (Å²) in [4.78, 5) is 17.9. The molecule has 11 unspecified atom stereocenters. The predicted octanol–water partition coefficient (Wildman–Crippen LogP) is 7.83. The first kappa shape index (κ1) is 36.3. The van der Waals surface area contributed by atoms with Crippen molar-refractivity contribution in [2.75, 3.05) is 6.54 Å². The molecule has 3 saturated heterocycles. The van der Waals surface area contributed by atoms with Crippen LogP contribution in [0.15, 0.2) is 51.6 Å². The first-order valence-corrected chi connectivity index (χ1v) is 19.6. The van der Waals surface area contributed by atoms with Crippen molar-refractivity contribution in [3.05, 3.63) is 46.6 Å². The lowest BCUT2D eigenvalue weighted by Gasteiger charge is -2.49. The minimum atomic E-state index is -1.12. The van der Waals surface area contributed by atoms with Gasteiger partial charge < -0.3 is 29.2 Å². The number of aliphatic hydroxyl groups is 2. The van der Waals surface area contributed by atoms with Crippen LogP contribution in [-0.2, 0) is 23.7 Å². The highest BCUT2D eigenvalue weighted by Crippen LogP contribution is 2.57. The van der Waals surface area contributed by atoms with Crippen molar-refractivity contribution in [3.8, 4) is 0 Å². The molecule has 50 heavy (non-hydrogen) atoms. The molecule has 2 N–H and O–H groups in total. The maximum atomic E-state index is 12.5. The molecule has 0 amide bonds. The summed E-state index contributed by atoms with van der Waals surface area (Å²) in [6.45, 7) is 17.8. The van der Waals surface area contributed by atoms with Gasteiger partial charge in [-0.05, 0) is 121 Å². The molecule has 1 aliphatic carbocycles. The summed E-state index contributed by atoms with van der Waals surface area (Å²) in [5.41, 5.74) is 5.23. The predicted molar refractivity (Wildman–Crippen MR) is 193 cm³/mol. The van der Waals surface area contributed by atoms with Crippen LogP contribution in [0.1, 0.15) is 131 Å².